The van der Waals surface area contributed by atoms with Crippen LogP contribution in [0.15, 0.2) is 33.9 Å². The Morgan fingerprint density at radius 2 is 1.51 bits per heavy atom. The van der Waals surface area contributed by atoms with Crippen LogP contribution in [-0.2, 0) is 25.2 Å². The zero-order valence-electron chi connectivity index (χ0n) is 31.4. The van der Waals surface area contributed by atoms with E-state index in [1.807, 2.05) is 26.0 Å². The fourth-order valence-corrected chi connectivity index (χ4v) is 24.4. The second-order valence-electron chi connectivity index (χ2n) is 15.5. The van der Waals surface area contributed by atoms with Gasteiger partial charge in [0, 0.05) is 0 Å². The molecule has 0 bridgehead atoms. The summed E-state index contributed by atoms with van der Waals surface area (Å²) in [4.78, 5) is 0. The molecule has 7 heteroatoms. The van der Waals surface area contributed by atoms with Crippen molar-refractivity contribution < 1.29 is 23.4 Å². The molecule has 1 aromatic carbocycles. The first kappa shape index (κ1) is 40.8. The van der Waals surface area contributed by atoms with Crippen molar-refractivity contribution in [1.82, 2.24) is 0 Å². The van der Waals surface area contributed by atoms with Crippen LogP contribution in [0.2, 0.25) is 31.4 Å². The summed E-state index contributed by atoms with van der Waals surface area (Å²) in [5.41, 5.74) is 1.17. The number of ether oxygens (including phenoxy) is 4. The zero-order valence-corrected chi connectivity index (χ0v) is 35.2. The van der Waals surface area contributed by atoms with Crippen LogP contribution in [0, 0.1) is 0 Å². The topological polar surface area (TPSA) is 46.2 Å². The quantitative estimate of drug-likeness (QED) is 0.117. The molecule has 1 aromatic rings. The molecule has 1 aliphatic rings. The van der Waals surface area contributed by atoms with E-state index in [9.17, 15) is 0 Å². The van der Waals surface area contributed by atoms with Crippen LogP contribution < -0.4 is 4.74 Å². The van der Waals surface area contributed by atoms with Crippen molar-refractivity contribution in [2.45, 2.75) is 176 Å². The van der Waals surface area contributed by atoms with E-state index in [-0.39, 0.29) is 23.4 Å². The molecule has 5 nitrogen and oxygen atoms in total. The molecule has 1 heterocycles. The van der Waals surface area contributed by atoms with E-state index in [1.165, 1.54) is 57.4 Å². The van der Waals surface area contributed by atoms with Crippen LogP contribution in [0.1, 0.15) is 119 Å². The fraction of sp³-hybridized carbons (Fsp3) is 0.789. The van der Waals surface area contributed by atoms with Gasteiger partial charge in [0.25, 0.3) is 0 Å². The second kappa shape index (κ2) is 19.0. The van der Waals surface area contributed by atoms with Gasteiger partial charge >= 0.3 is 285 Å². The number of hydrogen-bond acceptors (Lipinski definition) is 5. The number of unbranched alkanes of at least 4 members (excludes halogenated alkanes) is 3. The maximum absolute atomic E-state index is 6.90. The van der Waals surface area contributed by atoms with Crippen LogP contribution >= 0.6 is 0 Å². The van der Waals surface area contributed by atoms with E-state index in [1.54, 1.807) is 10.7 Å². The van der Waals surface area contributed by atoms with Gasteiger partial charge in [0.1, 0.15) is 0 Å². The van der Waals surface area contributed by atoms with Crippen LogP contribution in [0.25, 0.3) is 0 Å². The van der Waals surface area contributed by atoms with Crippen molar-refractivity contribution in [3.05, 3.63) is 39.5 Å². The van der Waals surface area contributed by atoms with E-state index in [0.29, 0.717) is 6.61 Å². The van der Waals surface area contributed by atoms with Gasteiger partial charge in [-0.05, 0) is 0 Å². The molecule has 0 N–H and O–H groups in total. The molecule has 3 atom stereocenters. The Bertz CT molecular complexity index is 979. The Morgan fingerprint density at radius 1 is 0.956 bits per heavy atom. The Hall–Kier alpha value is -0.384. The van der Waals surface area contributed by atoms with Gasteiger partial charge in [-0.1, -0.05) is 0 Å². The SMILES string of the molecule is CCC[CH2][Sn]([CH2]CCC)([CH2]CCC)/[C](=C/CO[Si](C)(C)C(C)(C)C)C[C@H](C[C@@H]1OC(C)(C)O[C@H]1C)OCc1ccc(OC)cc1. The second-order valence-corrected chi connectivity index (χ2v) is 33.7. The van der Waals surface area contributed by atoms with Gasteiger partial charge in [0.2, 0.25) is 0 Å². The first-order valence-electron chi connectivity index (χ1n) is 18.1. The Morgan fingerprint density at radius 3 is 1.96 bits per heavy atom. The van der Waals surface area contributed by atoms with Gasteiger partial charge in [0.05, 0.1) is 0 Å². The predicted octanol–water partition coefficient (Wildman–Crippen LogP) is 11.2. The molecule has 0 unspecified atom stereocenters. The fourth-order valence-electron chi connectivity index (χ4n) is 6.39. The minimum atomic E-state index is -2.79. The zero-order chi connectivity index (χ0) is 33.7. The molecule has 45 heavy (non-hydrogen) atoms. The van der Waals surface area contributed by atoms with Crippen LogP contribution in [0.3, 0.4) is 0 Å². The number of methoxy groups -OCH3 is 1. The van der Waals surface area contributed by atoms with Crippen molar-refractivity contribution in [3.63, 3.8) is 0 Å². The van der Waals surface area contributed by atoms with Gasteiger partial charge in [-0.2, -0.15) is 0 Å². The van der Waals surface area contributed by atoms with E-state index in [4.69, 9.17) is 23.4 Å². The summed E-state index contributed by atoms with van der Waals surface area (Å²) in [6.45, 7) is 26.4. The molecule has 0 saturated carbocycles. The summed E-state index contributed by atoms with van der Waals surface area (Å²) in [6.07, 6.45) is 12.3. The third kappa shape index (κ3) is 13.2. The normalized spacial score (nSPS) is 20.0. The maximum atomic E-state index is 6.90. The average molecular weight is 754 g/mol. The summed E-state index contributed by atoms with van der Waals surface area (Å²) in [5, 5.41) is 0.195. The van der Waals surface area contributed by atoms with Gasteiger partial charge in [0.15, 0.2) is 0 Å². The van der Waals surface area contributed by atoms with Crippen LogP contribution in [0.5, 0.6) is 5.75 Å². The van der Waals surface area contributed by atoms with Gasteiger partial charge in [-0.25, -0.2) is 0 Å². The number of rotatable bonds is 21. The number of hydrogen-bond donors (Lipinski definition) is 0. The molecule has 0 spiro atoms. The molecule has 1 saturated heterocycles. The molecule has 0 radical (unpaired) electrons. The monoisotopic (exact) mass is 754 g/mol. The molecule has 0 amide bonds. The summed E-state index contributed by atoms with van der Waals surface area (Å²) < 4.78 is 37.9. The van der Waals surface area contributed by atoms with Crippen molar-refractivity contribution in [1.29, 1.82) is 0 Å². The average Bonchev–Trinajstić information content (AvgIpc) is 3.24. The summed E-state index contributed by atoms with van der Waals surface area (Å²) in [6, 6.07) is 8.29. The van der Waals surface area contributed by atoms with Gasteiger partial charge in [-0.15, -0.1) is 0 Å². The molecule has 1 fully saturated rings. The van der Waals surface area contributed by atoms with E-state index in [2.05, 4.69) is 79.8 Å². The molecular formula is C38H70O5SiSn. The van der Waals surface area contributed by atoms with Crippen LogP contribution in [-0.4, -0.2) is 64.5 Å². The van der Waals surface area contributed by atoms with Crippen molar-refractivity contribution in [2.24, 2.45) is 0 Å². The summed E-state index contributed by atoms with van der Waals surface area (Å²) >= 11 is -2.79. The third-order valence-corrected chi connectivity index (χ3v) is 31.1. The van der Waals surface area contributed by atoms with Crippen LogP contribution in [0.4, 0.5) is 0 Å². The van der Waals surface area contributed by atoms with Crippen molar-refractivity contribution in [3.8, 4) is 5.75 Å². The Labute approximate surface area is 283 Å². The van der Waals surface area contributed by atoms with Crippen molar-refractivity contribution in [2.75, 3.05) is 13.7 Å². The van der Waals surface area contributed by atoms with E-state index >= 15 is 0 Å². The summed E-state index contributed by atoms with van der Waals surface area (Å²) in [7, 11) is -0.155. The van der Waals surface area contributed by atoms with Crippen molar-refractivity contribution >= 4 is 26.7 Å². The Kier molecular flexibility index (Phi) is 17.2. The van der Waals surface area contributed by atoms with Gasteiger partial charge in [-0.3, -0.25) is 0 Å². The molecule has 0 aliphatic carbocycles. The van der Waals surface area contributed by atoms with E-state index in [0.717, 1.165) is 25.2 Å². The van der Waals surface area contributed by atoms with Gasteiger partial charge < -0.3 is 0 Å². The molecule has 1 aliphatic heterocycles. The minimum absolute atomic E-state index is 0.0112. The number of benzene rings is 1. The summed E-state index contributed by atoms with van der Waals surface area (Å²) in [5.74, 6) is 0.309. The molecular weight excluding hydrogens is 683 g/mol. The molecule has 2 rings (SSSR count). The first-order chi connectivity index (χ1) is 21.1. The van der Waals surface area contributed by atoms with E-state index < -0.39 is 32.5 Å². The third-order valence-electron chi connectivity index (χ3n) is 10.3. The molecule has 260 valence electrons. The molecule has 0 aromatic heterocycles. The predicted molar refractivity (Wildman–Crippen MR) is 196 cm³/mol. The first-order valence-corrected chi connectivity index (χ1v) is 28.4. The Balaban J connectivity index is 2.52. The standard InChI is InChI=1S/C26H43O5Si.3C4H9.Sn/c1-20-24(31-26(5,6)30-20)18-23(28-19-21-13-15-22(27-7)16-14-21)12-10-11-17-29-32(8,9)25(2,3)4;3*1-3-4-2;/h11,13-16,20,23-24H,12,17-19H2,1-9H3;3*1,3-4H2,2H3;/t20-,23+,24-;;;;/m0..../s1.